The molecule has 2 amide bonds. The van der Waals surface area contributed by atoms with Gasteiger partial charge in [0.1, 0.15) is 17.6 Å². The van der Waals surface area contributed by atoms with Gasteiger partial charge in [0.05, 0.1) is 16.7 Å². The Morgan fingerprint density at radius 3 is 2.62 bits per heavy atom. The summed E-state index contributed by atoms with van der Waals surface area (Å²) in [6.07, 6.45) is 2.13. The number of nitrogens with one attached hydrogen (secondary N) is 2. The van der Waals surface area contributed by atoms with Crippen molar-refractivity contribution in [2.24, 2.45) is 0 Å². The molecule has 0 saturated heterocycles. The summed E-state index contributed by atoms with van der Waals surface area (Å²) < 4.78 is 5.51. The Morgan fingerprint density at radius 2 is 1.82 bits per heavy atom. The molecular weight excluding hydrogens is 428 g/mol. The maximum atomic E-state index is 13.1. The minimum atomic E-state index is -0.620. The van der Waals surface area contributed by atoms with Gasteiger partial charge in [-0.1, -0.05) is 43.3 Å². The molecule has 1 aliphatic rings. The SMILES string of the molecule is CC[C@H](C(=O)Nc1ccc(CCc2nc3ccccc3[nH]2)cc1)N1C(=O)COc2ccccc21. The van der Waals surface area contributed by atoms with E-state index in [-0.39, 0.29) is 18.4 Å². The summed E-state index contributed by atoms with van der Waals surface area (Å²) in [5, 5.41) is 2.97. The number of rotatable bonds is 7. The fraction of sp³-hybridized carbons (Fsp3) is 0.222. The molecule has 2 heterocycles. The number of carbonyl (C=O) groups excluding carboxylic acids is 2. The Kier molecular flexibility index (Phi) is 5.99. The van der Waals surface area contributed by atoms with E-state index in [0.717, 1.165) is 35.3 Å². The van der Waals surface area contributed by atoms with E-state index in [1.54, 1.807) is 11.0 Å². The molecule has 0 fully saturated rings. The smallest absolute Gasteiger partial charge is 0.265 e. The lowest BCUT2D eigenvalue weighted by Crippen LogP contribution is -2.51. The zero-order valence-electron chi connectivity index (χ0n) is 19.0. The molecule has 0 aliphatic carbocycles. The monoisotopic (exact) mass is 454 g/mol. The van der Waals surface area contributed by atoms with E-state index in [4.69, 9.17) is 4.74 Å². The number of imidazole rings is 1. The second kappa shape index (κ2) is 9.39. The van der Waals surface area contributed by atoms with Gasteiger partial charge in [-0.05, 0) is 54.8 Å². The number of hydrogen-bond donors (Lipinski definition) is 2. The van der Waals surface area contributed by atoms with Crippen LogP contribution in [0.5, 0.6) is 5.75 Å². The molecule has 0 spiro atoms. The van der Waals surface area contributed by atoms with Crippen LogP contribution in [0.4, 0.5) is 11.4 Å². The molecule has 34 heavy (non-hydrogen) atoms. The first-order chi connectivity index (χ1) is 16.6. The summed E-state index contributed by atoms with van der Waals surface area (Å²) in [6, 6.07) is 22.5. The first kappa shape index (κ1) is 21.7. The van der Waals surface area contributed by atoms with Crippen molar-refractivity contribution in [3.63, 3.8) is 0 Å². The zero-order chi connectivity index (χ0) is 23.5. The van der Waals surface area contributed by atoms with Crippen molar-refractivity contribution in [3.05, 3.63) is 84.2 Å². The molecule has 0 saturated carbocycles. The van der Waals surface area contributed by atoms with Gasteiger partial charge in [-0.2, -0.15) is 0 Å². The highest BCUT2D eigenvalue weighted by atomic mass is 16.5. The first-order valence-corrected chi connectivity index (χ1v) is 11.5. The van der Waals surface area contributed by atoms with Crippen LogP contribution in [-0.4, -0.2) is 34.4 Å². The third kappa shape index (κ3) is 4.37. The summed E-state index contributed by atoms with van der Waals surface area (Å²) in [6.45, 7) is 1.83. The molecule has 7 heteroatoms. The van der Waals surface area contributed by atoms with Crippen LogP contribution in [0.15, 0.2) is 72.8 Å². The second-order valence-electron chi connectivity index (χ2n) is 8.33. The van der Waals surface area contributed by atoms with E-state index in [1.165, 1.54) is 0 Å². The van der Waals surface area contributed by atoms with Crippen LogP contribution in [0, 0.1) is 0 Å². The van der Waals surface area contributed by atoms with Crippen molar-refractivity contribution in [2.75, 3.05) is 16.8 Å². The molecule has 0 unspecified atom stereocenters. The van der Waals surface area contributed by atoms with Gasteiger partial charge in [-0.25, -0.2) is 4.98 Å². The molecule has 2 N–H and O–H groups in total. The summed E-state index contributed by atoms with van der Waals surface area (Å²) in [4.78, 5) is 35.3. The summed E-state index contributed by atoms with van der Waals surface area (Å²) >= 11 is 0. The molecule has 4 aromatic rings. The van der Waals surface area contributed by atoms with Crippen LogP contribution in [0.2, 0.25) is 0 Å². The molecule has 7 nitrogen and oxygen atoms in total. The molecule has 1 aromatic heterocycles. The zero-order valence-corrected chi connectivity index (χ0v) is 19.0. The molecule has 1 aliphatic heterocycles. The molecule has 0 bridgehead atoms. The van der Waals surface area contributed by atoms with E-state index in [0.29, 0.717) is 23.5 Å². The highest BCUT2D eigenvalue weighted by Gasteiger charge is 2.34. The van der Waals surface area contributed by atoms with Crippen molar-refractivity contribution >= 4 is 34.2 Å². The Morgan fingerprint density at radius 1 is 1.06 bits per heavy atom. The van der Waals surface area contributed by atoms with E-state index in [1.807, 2.05) is 73.7 Å². The van der Waals surface area contributed by atoms with E-state index in [2.05, 4.69) is 15.3 Å². The highest BCUT2D eigenvalue weighted by molar-refractivity contribution is 6.07. The molecule has 3 aromatic carbocycles. The Bertz CT molecular complexity index is 1300. The summed E-state index contributed by atoms with van der Waals surface area (Å²) in [7, 11) is 0. The van der Waals surface area contributed by atoms with Gasteiger partial charge in [-0.15, -0.1) is 0 Å². The minimum Gasteiger partial charge on any atom is -0.482 e. The van der Waals surface area contributed by atoms with Crippen molar-refractivity contribution in [2.45, 2.75) is 32.2 Å². The number of fused-ring (bicyclic) bond motifs is 2. The quantitative estimate of drug-likeness (QED) is 0.431. The third-order valence-corrected chi connectivity index (χ3v) is 6.06. The van der Waals surface area contributed by atoms with Gasteiger partial charge in [0, 0.05) is 12.1 Å². The molecule has 172 valence electrons. The van der Waals surface area contributed by atoms with Gasteiger partial charge >= 0.3 is 0 Å². The van der Waals surface area contributed by atoms with Crippen molar-refractivity contribution < 1.29 is 14.3 Å². The average Bonchev–Trinajstić information content (AvgIpc) is 3.28. The molecular formula is C27H26N4O3. The van der Waals surface area contributed by atoms with Crippen LogP contribution in [0.25, 0.3) is 11.0 Å². The largest absolute Gasteiger partial charge is 0.482 e. The number of aromatic amines is 1. The van der Waals surface area contributed by atoms with Gasteiger partial charge in [-0.3, -0.25) is 14.5 Å². The Labute approximate surface area is 197 Å². The number of aromatic nitrogens is 2. The van der Waals surface area contributed by atoms with Crippen molar-refractivity contribution in [1.29, 1.82) is 0 Å². The lowest BCUT2D eigenvalue weighted by Gasteiger charge is -2.34. The number of para-hydroxylation sites is 4. The third-order valence-electron chi connectivity index (χ3n) is 6.06. The number of carbonyl (C=O) groups is 2. The Hall–Kier alpha value is -4.13. The predicted molar refractivity (Wildman–Crippen MR) is 132 cm³/mol. The van der Waals surface area contributed by atoms with Crippen LogP contribution < -0.4 is 15.0 Å². The summed E-state index contributed by atoms with van der Waals surface area (Å²) in [5.41, 5.74) is 4.50. The number of amides is 2. The number of benzene rings is 3. The number of H-pyrrole nitrogens is 1. The molecule has 5 rings (SSSR count). The highest BCUT2D eigenvalue weighted by Crippen LogP contribution is 2.33. The van der Waals surface area contributed by atoms with Gasteiger partial charge in [0.15, 0.2) is 6.61 Å². The fourth-order valence-corrected chi connectivity index (χ4v) is 4.32. The van der Waals surface area contributed by atoms with Gasteiger partial charge in [0.25, 0.3) is 5.91 Å². The summed E-state index contributed by atoms with van der Waals surface area (Å²) in [5.74, 6) is 1.13. The maximum absolute atomic E-state index is 13.1. The van der Waals surface area contributed by atoms with E-state index in [9.17, 15) is 9.59 Å². The average molecular weight is 455 g/mol. The van der Waals surface area contributed by atoms with E-state index < -0.39 is 6.04 Å². The number of aryl methyl sites for hydroxylation is 2. The van der Waals surface area contributed by atoms with Gasteiger partial charge < -0.3 is 15.0 Å². The van der Waals surface area contributed by atoms with E-state index >= 15 is 0 Å². The number of hydrogen-bond acceptors (Lipinski definition) is 4. The van der Waals surface area contributed by atoms with Crippen molar-refractivity contribution in [1.82, 2.24) is 9.97 Å². The number of nitrogens with zero attached hydrogens (tertiary/aromatic N) is 2. The topological polar surface area (TPSA) is 87.3 Å². The van der Waals surface area contributed by atoms with Crippen LogP contribution in [-0.2, 0) is 22.4 Å². The van der Waals surface area contributed by atoms with Crippen LogP contribution in [0.1, 0.15) is 24.7 Å². The standard InChI is InChI=1S/C27H26N4O3/c1-2-22(31-23-9-5-6-10-24(23)34-17-26(31)32)27(33)28-19-14-11-18(12-15-19)13-16-25-29-20-7-3-4-8-21(20)30-25/h3-12,14-15,22H,2,13,16-17H2,1H3,(H,28,33)(H,29,30)/t22-/m1/s1. The minimum absolute atomic E-state index is 0.0687. The molecule has 0 radical (unpaired) electrons. The second-order valence-corrected chi connectivity index (χ2v) is 8.33. The number of ether oxygens (including phenoxy) is 1. The predicted octanol–water partition coefficient (Wildman–Crippen LogP) is 4.49. The molecule has 1 atom stereocenters. The number of anilines is 2. The lowest BCUT2D eigenvalue weighted by molar-refractivity contribution is -0.125. The first-order valence-electron chi connectivity index (χ1n) is 11.5. The normalized spacial score (nSPS) is 13.9. The van der Waals surface area contributed by atoms with Gasteiger partial charge in [0.2, 0.25) is 5.91 Å². The Balaban J connectivity index is 1.24. The van der Waals surface area contributed by atoms with Crippen molar-refractivity contribution in [3.8, 4) is 5.75 Å². The van der Waals surface area contributed by atoms with Crippen LogP contribution in [0.3, 0.4) is 0 Å². The van der Waals surface area contributed by atoms with Crippen LogP contribution >= 0.6 is 0 Å². The fourth-order valence-electron chi connectivity index (χ4n) is 4.32. The maximum Gasteiger partial charge on any atom is 0.265 e. The lowest BCUT2D eigenvalue weighted by atomic mass is 10.1.